The molecule has 132 valence electrons. The van der Waals surface area contributed by atoms with Gasteiger partial charge in [0.2, 0.25) is 0 Å². The molecule has 0 saturated carbocycles. The molecule has 0 atom stereocenters. The zero-order valence-corrected chi connectivity index (χ0v) is 15.7. The van der Waals surface area contributed by atoms with E-state index in [4.69, 9.17) is 4.98 Å². The summed E-state index contributed by atoms with van der Waals surface area (Å²) >= 11 is 1.49. The van der Waals surface area contributed by atoms with Crippen molar-refractivity contribution < 1.29 is 4.79 Å². The Hall–Kier alpha value is -3.24. The summed E-state index contributed by atoms with van der Waals surface area (Å²) in [5.41, 5.74) is 4.61. The van der Waals surface area contributed by atoms with Crippen molar-refractivity contribution in [3.8, 4) is 21.7 Å². The number of benzene rings is 3. The fraction of sp³-hybridized carbons (Fsp3) is 0.0435. The Morgan fingerprint density at radius 3 is 2.07 bits per heavy atom. The van der Waals surface area contributed by atoms with Crippen LogP contribution in [-0.2, 0) is 0 Å². The monoisotopic (exact) mass is 370 g/mol. The third-order valence-electron chi connectivity index (χ3n) is 4.32. The lowest BCUT2D eigenvalue weighted by molar-refractivity contribution is 0.102. The number of hydrogen-bond donors (Lipinski definition) is 1. The van der Waals surface area contributed by atoms with E-state index in [-0.39, 0.29) is 5.91 Å². The molecular formula is C23H18N2OS. The predicted octanol–water partition coefficient (Wildman–Crippen LogP) is 6.04. The van der Waals surface area contributed by atoms with E-state index in [1.807, 2.05) is 79.7 Å². The van der Waals surface area contributed by atoms with E-state index in [2.05, 4.69) is 17.4 Å². The number of thiazole rings is 1. The molecule has 0 radical (unpaired) electrons. The highest BCUT2D eigenvalue weighted by Crippen LogP contribution is 2.39. The van der Waals surface area contributed by atoms with Gasteiger partial charge in [-0.05, 0) is 24.1 Å². The molecule has 0 saturated heterocycles. The molecule has 4 aromatic rings. The van der Waals surface area contributed by atoms with Gasteiger partial charge in [-0.1, -0.05) is 90.2 Å². The molecule has 0 fully saturated rings. The third-order valence-corrected chi connectivity index (χ3v) is 5.34. The number of aromatic nitrogens is 1. The van der Waals surface area contributed by atoms with Crippen LogP contribution in [0, 0.1) is 6.92 Å². The number of carbonyl (C=O) groups excluding carboxylic acids is 1. The van der Waals surface area contributed by atoms with Crippen LogP contribution in [0.1, 0.15) is 15.9 Å². The largest absolute Gasteiger partial charge is 0.298 e. The molecule has 0 unspecified atom stereocenters. The second kappa shape index (κ2) is 7.56. The summed E-state index contributed by atoms with van der Waals surface area (Å²) in [5.74, 6) is -0.138. The molecule has 1 heterocycles. The molecule has 3 aromatic carbocycles. The van der Waals surface area contributed by atoms with Gasteiger partial charge in [0, 0.05) is 11.1 Å². The number of amides is 1. The van der Waals surface area contributed by atoms with Crippen LogP contribution in [-0.4, -0.2) is 10.9 Å². The Bertz CT molecular complexity index is 1020. The molecule has 27 heavy (non-hydrogen) atoms. The van der Waals surface area contributed by atoms with E-state index in [0.717, 1.165) is 27.3 Å². The maximum Gasteiger partial charge on any atom is 0.257 e. The first-order valence-electron chi connectivity index (χ1n) is 8.71. The van der Waals surface area contributed by atoms with E-state index in [0.29, 0.717) is 10.7 Å². The Morgan fingerprint density at radius 2 is 1.41 bits per heavy atom. The summed E-state index contributed by atoms with van der Waals surface area (Å²) < 4.78 is 0. The van der Waals surface area contributed by atoms with Gasteiger partial charge in [-0.15, -0.1) is 0 Å². The Balaban J connectivity index is 1.74. The lowest BCUT2D eigenvalue weighted by atomic mass is 10.1. The number of carbonyl (C=O) groups is 1. The molecule has 0 aliphatic carbocycles. The van der Waals surface area contributed by atoms with Crippen LogP contribution in [0.15, 0.2) is 84.9 Å². The van der Waals surface area contributed by atoms with Crippen LogP contribution >= 0.6 is 11.3 Å². The van der Waals surface area contributed by atoms with Gasteiger partial charge in [-0.2, -0.15) is 0 Å². The van der Waals surface area contributed by atoms with E-state index < -0.39 is 0 Å². The number of nitrogens with zero attached hydrogens (tertiary/aromatic N) is 1. The van der Waals surface area contributed by atoms with E-state index in [9.17, 15) is 4.79 Å². The van der Waals surface area contributed by atoms with Crippen LogP contribution in [0.3, 0.4) is 0 Å². The highest BCUT2D eigenvalue weighted by molar-refractivity contribution is 7.19. The molecule has 4 rings (SSSR count). The Morgan fingerprint density at radius 1 is 0.815 bits per heavy atom. The zero-order chi connectivity index (χ0) is 18.6. The van der Waals surface area contributed by atoms with E-state index in [1.54, 1.807) is 0 Å². The van der Waals surface area contributed by atoms with Crippen molar-refractivity contribution in [2.75, 3.05) is 5.32 Å². The average molecular weight is 370 g/mol. The summed E-state index contributed by atoms with van der Waals surface area (Å²) in [6.45, 7) is 1.93. The second-order valence-electron chi connectivity index (χ2n) is 6.20. The normalized spacial score (nSPS) is 10.6. The van der Waals surface area contributed by atoms with Crippen molar-refractivity contribution in [1.29, 1.82) is 0 Å². The lowest BCUT2D eigenvalue weighted by Crippen LogP contribution is -2.12. The molecule has 0 aliphatic rings. The first kappa shape index (κ1) is 17.2. The number of nitrogens with one attached hydrogen (secondary N) is 1. The Kier molecular flexibility index (Phi) is 4.81. The van der Waals surface area contributed by atoms with Gasteiger partial charge >= 0.3 is 0 Å². The van der Waals surface area contributed by atoms with Crippen molar-refractivity contribution in [3.63, 3.8) is 0 Å². The first-order valence-corrected chi connectivity index (χ1v) is 9.52. The third kappa shape index (κ3) is 3.66. The molecule has 0 bridgehead atoms. The van der Waals surface area contributed by atoms with E-state index >= 15 is 0 Å². The number of aryl methyl sites for hydroxylation is 1. The lowest BCUT2D eigenvalue weighted by Gasteiger charge is -2.04. The highest BCUT2D eigenvalue weighted by atomic mass is 32.1. The van der Waals surface area contributed by atoms with Crippen molar-refractivity contribution in [2.45, 2.75) is 6.92 Å². The van der Waals surface area contributed by atoms with Crippen LogP contribution < -0.4 is 5.32 Å². The first-order chi connectivity index (χ1) is 13.2. The standard InChI is InChI=1S/C23H18N2OS/c1-16-10-8-9-15-19(16)22(26)25-23-24-20(17-11-4-2-5-12-17)21(27-23)18-13-6-3-7-14-18/h2-15H,1H3,(H,24,25,26). The predicted molar refractivity (Wildman–Crippen MR) is 112 cm³/mol. The molecule has 3 nitrogen and oxygen atoms in total. The fourth-order valence-corrected chi connectivity index (χ4v) is 3.93. The minimum Gasteiger partial charge on any atom is -0.298 e. The minimum atomic E-state index is -0.138. The number of rotatable bonds is 4. The zero-order valence-electron chi connectivity index (χ0n) is 14.8. The van der Waals surface area contributed by atoms with Crippen LogP contribution in [0.4, 0.5) is 5.13 Å². The van der Waals surface area contributed by atoms with E-state index in [1.165, 1.54) is 11.3 Å². The molecule has 0 aliphatic heterocycles. The Labute approximate surface area is 162 Å². The van der Waals surface area contributed by atoms with Crippen LogP contribution in [0.2, 0.25) is 0 Å². The molecule has 4 heteroatoms. The maximum absolute atomic E-state index is 12.7. The van der Waals surface area contributed by atoms with Gasteiger partial charge in [0.05, 0.1) is 10.6 Å². The van der Waals surface area contributed by atoms with Gasteiger partial charge in [0.15, 0.2) is 5.13 Å². The summed E-state index contributed by atoms with van der Waals surface area (Å²) in [4.78, 5) is 18.5. The second-order valence-corrected chi connectivity index (χ2v) is 7.20. The molecule has 1 N–H and O–H groups in total. The fourth-order valence-electron chi connectivity index (χ4n) is 2.94. The van der Waals surface area contributed by atoms with Crippen LogP contribution in [0.5, 0.6) is 0 Å². The van der Waals surface area contributed by atoms with Crippen molar-refractivity contribution >= 4 is 22.4 Å². The van der Waals surface area contributed by atoms with Gasteiger partial charge in [-0.3, -0.25) is 10.1 Å². The van der Waals surface area contributed by atoms with Gasteiger partial charge in [-0.25, -0.2) is 4.98 Å². The smallest absolute Gasteiger partial charge is 0.257 e. The highest BCUT2D eigenvalue weighted by Gasteiger charge is 2.17. The molecule has 1 aromatic heterocycles. The number of hydrogen-bond acceptors (Lipinski definition) is 3. The van der Waals surface area contributed by atoms with Gasteiger partial charge in [0.1, 0.15) is 0 Å². The van der Waals surface area contributed by atoms with Crippen molar-refractivity contribution in [1.82, 2.24) is 4.98 Å². The summed E-state index contributed by atoms with van der Waals surface area (Å²) in [5, 5.41) is 3.57. The van der Waals surface area contributed by atoms with Gasteiger partial charge < -0.3 is 0 Å². The number of anilines is 1. The summed E-state index contributed by atoms with van der Waals surface area (Å²) in [7, 11) is 0. The quantitative estimate of drug-likeness (QED) is 0.476. The minimum absolute atomic E-state index is 0.138. The maximum atomic E-state index is 12.7. The average Bonchev–Trinajstić information content (AvgIpc) is 3.13. The molecule has 1 amide bonds. The molecular weight excluding hydrogens is 352 g/mol. The topological polar surface area (TPSA) is 42.0 Å². The summed E-state index contributed by atoms with van der Waals surface area (Å²) in [6, 6.07) is 27.7. The van der Waals surface area contributed by atoms with Crippen LogP contribution in [0.25, 0.3) is 21.7 Å². The SMILES string of the molecule is Cc1ccccc1C(=O)Nc1nc(-c2ccccc2)c(-c2ccccc2)s1. The molecule has 0 spiro atoms. The van der Waals surface area contributed by atoms with Crippen molar-refractivity contribution in [2.24, 2.45) is 0 Å². The van der Waals surface area contributed by atoms with Crippen molar-refractivity contribution in [3.05, 3.63) is 96.1 Å². The van der Waals surface area contributed by atoms with Gasteiger partial charge in [0.25, 0.3) is 5.91 Å². The summed E-state index contributed by atoms with van der Waals surface area (Å²) in [6.07, 6.45) is 0.